The fourth-order valence-corrected chi connectivity index (χ4v) is 5.01. The molecule has 0 unspecified atom stereocenters. The molecule has 0 radical (unpaired) electrons. The van der Waals surface area contributed by atoms with Crippen LogP contribution in [0.3, 0.4) is 0 Å². The van der Waals surface area contributed by atoms with Gasteiger partial charge in [0, 0.05) is 19.5 Å². The molecule has 3 aromatic carbocycles. The van der Waals surface area contributed by atoms with Crippen molar-refractivity contribution in [3.05, 3.63) is 120 Å². The fraction of sp³-hybridized carbons (Fsp3) is 0.324. The van der Waals surface area contributed by atoms with Crippen LogP contribution >= 0.6 is 0 Å². The molecule has 0 saturated carbocycles. The third-order valence-corrected chi connectivity index (χ3v) is 7.38. The van der Waals surface area contributed by atoms with Crippen molar-refractivity contribution in [1.29, 1.82) is 0 Å². The molecule has 2 amide bonds. The maximum atomic E-state index is 13.6. The Labute approximate surface area is 246 Å². The highest BCUT2D eigenvalue weighted by Crippen LogP contribution is 2.22. The van der Waals surface area contributed by atoms with Crippen molar-refractivity contribution >= 4 is 17.8 Å². The van der Waals surface area contributed by atoms with Crippen LogP contribution in [0.1, 0.15) is 42.0 Å². The number of allylic oxidation sites excluding steroid dienone is 2. The zero-order valence-corrected chi connectivity index (χ0v) is 23.5. The Morgan fingerprint density at radius 1 is 0.881 bits per heavy atom. The van der Waals surface area contributed by atoms with Crippen molar-refractivity contribution in [1.82, 2.24) is 10.2 Å². The molecule has 220 valence electrons. The number of hydrogen-bond donors (Lipinski definition) is 2. The van der Waals surface area contributed by atoms with Crippen LogP contribution in [0.25, 0.3) is 0 Å². The summed E-state index contributed by atoms with van der Waals surface area (Å²) in [6.45, 7) is 0.236. The Kier molecular flexibility index (Phi) is 11.4. The molecule has 2 N–H and O–H groups in total. The number of rotatable bonds is 9. The van der Waals surface area contributed by atoms with Crippen LogP contribution in [0.2, 0.25) is 0 Å². The molecule has 0 saturated heterocycles. The molecule has 3 aromatic rings. The van der Waals surface area contributed by atoms with Crippen LogP contribution in [0.15, 0.2) is 97.1 Å². The number of carbonyl (C=O) groups is 3. The highest BCUT2D eigenvalue weighted by atomic mass is 19.1. The number of aliphatic hydroxyl groups excluding tert-OH is 1. The lowest BCUT2D eigenvalue weighted by atomic mass is 9.93. The monoisotopic (exact) mass is 572 g/mol. The average molecular weight is 573 g/mol. The van der Waals surface area contributed by atoms with Crippen molar-refractivity contribution in [3.63, 3.8) is 0 Å². The van der Waals surface area contributed by atoms with E-state index in [9.17, 15) is 23.9 Å². The van der Waals surface area contributed by atoms with E-state index in [2.05, 4.69) is 5.32 Å². The molecule has 0 bridgehead atoms. The SMILES string of the molecule is O=C1N[C@@H](c2ccccc2)COC(=O)[C@@H](Cc2ccc(F)cc2)C/C=C\C[C@H]1CC(=O)N(CCO)Cc1ccccc1. The van der Waals surface area contributed by atoms with E-state index < -0.39 is 23.8 Å². The van der Waals surface area contributed by atoms with Crippen molar-refractivity contribution in [2.45, 2.75) is 38.3 Å². The van der Waals surface area contributed by atoms with Gasteiger partial charge in [0.05, 0.1) is 24.5 Å². The summed E-state index contributed by atoms with van der Waals surface area (Å²) in [5.41, 5.74) is 2.52. The number of benzene rings is 3. The maximum absolute atomic E-state index is 13.6. The predicted octanol–water partition coefficient (Wildman–Crippen LogP) is 4.76. The van der Waals surface area contributed by atoms with E-state index in [0.717, 1.165) is 16.7 Å². The molecule has 8 heteroatoms. The first-order valence-corrected chi connectivity index (χ1v) is 14.3. The molecule has 0 aliphatic carbocycles. The van der Waals surface area contributed by atoms with Gasteiger partial charge in [0.2, 0.25) is 11.8 Å². The number of carbonyl (C=O) groups excluding carboxylic acids is 3. The van der Waals surface area contributed by atoms with Crippen molar-refractivity contribution in [2.75, 3.05) is 19.8 Å². The van der Waals surface area contributed by atoms with Gasteiger partial charge >= 0.3 is 5.97 Å². The second-order valence-corrected chi connectivity index (χ2v) is 10.5. The summed E-state index contributed by atoms with van der Waals surface area (Å²) in [6.07, 6.45) is 4.68. The largest absolute Gasteiger partial charge is 0.463 e. The number of halogens is 1. The topological polar surface area (TPSA) is 95.9 Å². The Bertz CT molecular complexity index is 1330. The summed E-state index contributed by atoms with van der Waals surface area (Å²) in [7, 11) is 0. The van der Waals surface area contributed by atoms with Gasteiger partial charge in [-0.05, 0) is 48.1 Å². The Hall–Kier alpha value is -4.30. The fourth-order valence-electron chi connectivity index (χ4n) is 5.01. The smallest absolute Gasteiger partial charge is 0.309 e. The summed E-state index contributed by atoms with van der Waals surface area (Å²) in [6, 6.07) is 24.2. The van der Waals surface area contributed by atoms with Gasteiger partial charge in [-0.2, -0.15) is 0 Å². The normalized spacial score (nSPS) is 20.4. The molecule has 7 nitrogen and oxygen atoms in total. The molecule has 1 aliphatic rings. The molecule has 0 fully saturated rings. The van der Waals surface area contributed by atoms with Gasteiger partial charge in [0.25, 0.3) is 0 Å². The van der Waals surface area contributed by atoms with E-state index in [-0.39, 0.29) is 43.8 Å². The number of nitrogens with zero attached hydrogens (tertiary/aromatic N) is 1. The van der Waals surface area contributed by atoms with Crippen LogP contribution < -0.4 is 5.32 Å². The number of nitrogens with one attached hydrogen (secondary N) is 1. The minimum Gasteiger partial charge on any atom is -0.463 e. The Morgan fingerprint density at radius 2 is 1.52 bits per heavy atom. The lowest BCUT2D eigenvalue weighted by Gasteiger charge is -2.27. The highest BCUT2D eigenvalue weighted by Gasteiger charge is 2.29. The summed E-state index contributed by atoms with van der Waals surface area (Å²) in [5, 5.41) is 12.6. The van der Waals surface area contributed by atoms with E-state index in [0.29, 0.717) is 25.8 Å². The minimum atomic E-state index is -0.664. The third kappa shape index (κ3) is 9.11. The van der Waals surface area contributed by atoms with Crippen LogP contribution in [0.4, 0.5) is 4.39 Å². The zero-order chi connectivity index (χ0) is 29.7. The molecular weight excluding hydrogens is 535 g/mol. The zero-order valence-electron chi connectivity index (χ0n) is 23.5. The quantitative estimate of drug-likeness (QED) is 0.285. The molecule has 4 rings (SSSR count). The summed E-state index contributed by atoms with van der Waals surface area (Å²) in [5.74, 6) is -2.45. The number of aliphatic hydroxyl groups is 1. The van der Waals surface area contributed by atoms with Gasteiger partial charge in [-0.25, -0.2) is 4.39 Å². The van der Waals surface area contributed by atoms with E-state index in [1.807, 2.05) is 72.8 Å². The van der Waals surface area contributed by atoms with Gasteiger partial charge in [0.1, 0.15) is 12.4 Å². The molecular formula is C34H37FN2O5. The van der Waals surface area contributed by atoms with Crippen LogP contribution in [-0.4, -0.2) is 47.5 Å². The summed E-state index contributed by atoms with van der Waals surface area (Å²) in [4.78, 5) is 41.7. The first-order chi connectivity index (χ1) is 20.4. The van der Waals surface area contributed by atoms with Gasteiger partial charge in [-0.15, -0.1) is 0 Å². The van der Waals surface area contributed by atoms with E-state index in [4.69, 9.17) is 4.74 Å². The molecule has 3 atom stereocenters. The summed E-state index contributed by atoms with van der Waals surface area (Å²) >= 11 is 0. The molecule has 1 aliphatic heterocycles. The van der Waals surface area contributed by atoms with Crippen LogP contribution in [-0.2, 0) is 32.1 Å². The molecule has 1 heterocycles. The molecule has 42 heavy (non-hydrogen) atoms. The highest BCUT2D eigenvalue weighted by molar-refractivity contribution is 5.86. The van der Waals surface area contributed by atoms with Gasteiger partial charge in [-0.3, -0.25) is 14.4 Å². The number of cyclic esters (lactones) is 1. The van der Waals surface area contributed by atoms with Crippen LogP contribution in [0, 0.1) is 17.7 Å². The van der Waals surface area contributed by atoms with E-state index in [1.54, 1.807) is 17.0 Å². The standard InChI is InChI=1S/C34H37FN2O5/c35-30-17-15-25(16-18-30)21-29-14-8-7-13-28(22-32(39)37(19-20-38)23-26-9-3-1-4-10-26)33(40)36-31(24-42-34(29)41)27-11-5-2-6-12-27/h1-12,15-18,28-29,31,38H,13-14,19-24H2,(H,36,40)/b8-7-/t28-,29+,31+/m0/s1. The van der Waals surface area contributed by atoms with Crippen molar-refractivity contribution in [3.8, 4) is 0 Å². The summed E-state index contributed by atoms with van der Waals surface area (Å²) < 4.78 is 19.2. The first-order valence-electron chi connectivity index (χ1n) is 14.3. The second kappa shape index (κ2) is 15.6. The van der Waals surface area contributed by atoms with Gasteiger partial charge < -0.3 is 20.1 Å². The molecule has 0 spiro atoms. The van der Waals surface area contributed by atoms with E-state index >= 15 is 0 Å². The number of hydrogen-bond acceptors (Lipinski definition) is 5. The first kappa shape index (κ1) is 30.7. The van der Waals surface area contributed by atoms with E-state index in [1.165, 1.54) is 12.1 Å². The Morgan fingerprint density at radius 3 is 2.19 bits per heavy atom. The third-order valence-electron chi connectivity index (χ3n) is 7.38. The van der Waals surface area contributed by atoms with Gasteiger partial charge in [-0.1, -0.05) is 84.9 Å². The van der Waals surface area contributed by atoms with Crippen molar-refractivity contribution < 1.29 is 28.6 Å². The average Bonchev–Trinajstić information content (AvgIpc) is 3.01. The predicted molar refractivity (Wildman–Crippen MR) is 157 cm³/mol. The minimum absolute atomic E-state index is 0.0384. The second-order valence-electron chi connectivity index (χ2n) is 10.5. The van der Waals surface area contributed by atoms with Gasteiger partial charge in [0.15, 0.2) is 0 Å². The lowest BCUT2D eigenvalue weighted by molar-refractivity contribution is -0.150. The Balaban J connectivity index is 1.55. The van der Waals surface area contributed by atoms with Crippen molar-refractivity contribution in [2.24, 2.45) is 11.8 Å². The van der Waals surface area contributed by atoms with Crippen LogP contribution in [0.5, 0.6) is 0 Å². The number of ether oxygens (including phenoxy) is 1. The lowest BCUT2D eigenvalue weighted by Crippen LogP contribution is -2.40. The maximum Gasteiger partial charge on any atom is 0.309 e. The number of amides is 2. The molecule has 0 aromatic heterocycles. The number of esters is 1.